The van der Waals surface area contributed by atoms with Crippen molar-refractivity contribution in [3.05, 3.63) is 47.5 Å². The first-order chi connectivity index (χ1) is 8.24. The fourth-order valence-electron chi connectivity index (χ4n) is 1.94. The number of aromatic amines is 1. The third-order valence-electron chi connectivity index (χ3n) is 2.74. The molecule has 4 heteroatoms. The number of rotatable bonds is 1. The van der Waals surface area contributed by atoms with Crippen molar-refractivity contribution in [2.75, 3.05) is 0 Å². The largest absolute Gasteiger partial charge is 0.360 e. The summed E-state index contributed by atoms with van der Waals surface area (Å²) in [5, 5.41) is 1.41. The normalized spacial score (nSPS) is 10.9. The summed E-state index contributed by atoms with van der Waals surface area (Å²) in [5.74, 6) is 0. The van der Waals surface area contributed by atoms with Gasteiger partial charge in [0.05, 0.1) is 5.69 Å². The highest BCUT2D eigenvalue weighted by Crippen LogP contribution is 2.27. The lowest BCUT2D eigenvalue weighted by molar-refractivity contribution is 1.17. The van der Waals surface area contributed by atoms with Crippen LogP contribution in [0.2, 0.25) is 5.28 Å². The molecule has 0 saturated carbocycles. The van der Waals surface area contributed by atoms with Gasteiger partial charge in [0.1, 0.15) is 0 Å². The number of nitrogens with one attached hydrogen (secondary N) is 1. The first-order valence-electron chi connectivity index (χ1n) is 5.31. The van der Waals surface area contributed by atoms with Gasteiger partial charge in [-0.3, -0.25) is 0 Å². The molecule has 0 spiro atoms. The number of halogens is 1. The fourth-order valence-corrected chi connectivity index (χ4v) is 2.08. The Morgan fingerprint density at radius 1 is 1.24 bits per heavy atom. The van der Waals surface area contributed by atoms with Crippen molar-refractivity contribution in [3.63, 3.8) is 0 Å². The fraction of sp³-hybridized carbons (Fsp3) is 0.0769. The van der Waals surface area contributed by atoms with E-state index in [4.69, 9.17) is 11.6 Å². The van der Waals surface area contributed by atoms with Gasteiger partial charge in [-0.2, -0.15) is 0 Å². The Labute approximate surface area is 103 Å². The minimum absolute atomic E-state index is 0.268. The van der Waals surface area contributed by atoms with Crippen LogP contribution in [0.5, 0.6) is 0 Å². The average Bonchev–Trinajstić information content (AvgIpc) is 2.71. The van der Waals surface area contributed by atoms with E-state index in [9.17, 15) is 0 Å². The summed E-state index contributed by atoms with van der Waals surface area (Å²) >= 11 is 5.81. The average molecular weight is 244 g/mol. The molecule has 84 valence electrons. The van der Waals surface area contributed by atoms with Gasteiger partial charge in [-0.05, 0) is 36.2 Å². The Hall–Kier alpha value is -1.87. The molecule has 2 heterocycles. The molecule has 1 aromatic carbocycles. The zero-order valence-corrected chi connectivity index (χ0v) is 9.99. The van der Waals surface area contributed by atoms with Gasteiger partial charge in [-0.25, -0.2) is 9.97 Å². The number of aryl methyl sites for hydroxylation is 1. The molecule has 0 aliphatic carbocycles. The van der Waals surface area contributed by atoms with Crippen molar-refractivity contribution in [2.24, 2.45) is 0 Å². The molecule has 0 saturated heterocycles. The quantitative estimate of drug-likeness (QED) is 0.664. The Bertz CT molecular complexity index is 688. The Kier molecular flexibility index (Phi) is 2.34. The van der Waals surface area contributed by atoms with Crippen LogP contribution in [0, 0.1) is 6.92 Å². The van der Waals surface area contributed by atoms with Gasteiger partial charge < -0.3 is 4.98 Å². The zero-order valence-electron chi connectivity index (χ0n) is 9.24. The minimum atomic E-state index is 0.268. The topological polar surface area (TPSA) is 41.6 Å². The highest BCUT2D eigenvalue weighted by Gasteiger charge is 2.07. The smallest absolute Gasteiger partial charge is 0.222 e. The molecule has 0 unspecified atom stereocenters. The van der Waals surface area contributed by atoms with E-state index in [1.165, 1.54) is 5.56 Å². The summed E-state index contributed by atoms with van der Waals surface area (Å²) in [4.78, 5) is 11.4. The van der Waals surface area contributed by atoms with Crippen LogP contribution in [0.4, 0.5) is 0 Å². The van der Waals surface area contributed by atoms with Crippen LogP contribution in [0.25, 0.3) is 22.2 Å². The number of hydrogen-bond donors (Lipinski definition) is 1. The third-order valence-corrected chi connectivity index (χ3v) is 2.92. The van der Waals surface area contributed by atoms with E-state index in [-0.39, 0.29) is 5.28 Å². The Balaban J connectivity index is 2.24. The molecule has 3 aromatic rings. The van der Waals surface area contributed by atoms with Crippen molar-refractivity contribution in [2.45, 2.75) is 6.92 Å². The highest BCUT2D eigenvalue weighted by molar-refractivity contribution is 6.28. The highest BCUT2D eigenvalue weighted by atomic mass is 35.5. The third kappa shape index (κ3) is 1.78. The molecule has 17 heavy (non-hydrogen) atoms. The molecular formula is C13H10ClN3. The molecule has 0 radical (unpaired) electrons. The summed E-state index contributed by atoms with van der Waals surface area (Å²) in [7, 11) is 0. The van der Waals surface area contributed by atoms with Crippen molar-refractivity contribution in [1.82, 2.24) is 15.0 Å². The van der Waals surface area contributed by atoms with Crippen LogP contribution in [0.1, 0.15) is 5.56 Å². The summed E-state index contributed by atoms with van der Waals surface area (Å²) in [6.07, 6.45) is 3.61. The number of fused-ring (bicyclic) bond motifs is 1. The van der Waals surface area contributed by atoms with Crippen LogP contribution in [0.3, 0.4) is 0 Å². The lowest BCUT2D eigenvalue weighted by Crippen LogP contribution is -1.85. The van der Waals surface area contributed by atoms with Crippen LogP contribution in [-0.2, 0) is 0 Å². The maximum absolute atomic E-state index is 5.81. The summed E-state index contributed by atoms with van der Waals surface area (Å²) in [5.41, 5.74) is 4.21. The predicted octanol–water partition coefficient (Wildman–Crippen LogP) is 3.59. The molecule has 0 fully saturated rings. The molecule has 0 aliphatic heterocycles. The molecule has 1 N–H and O–H groups in total. The molecule has 0 atom stereocenters. The van der Waals surface area contributed by atoms with Crippen LogP contribution in [0.15, 0.2) is 36.7 Å². The van der Waals surface area contributed by atoms with Crippen molar-refractivity contribution in [3.8, 4) is 11.3 Å². The van der Waals surface area contributed by atoms with E-state index in [0.717, 1.165) is 22.2 Å². The van der Waals surface area contributed by atoms with Gasteiger partial charge in [0, 0.05) is 28.9 Å². The SMILES string of the molecule is Cc1ccc2c(-c3ccnc(Cl)n3)c[nH]c2c1. The second-order valence-electron chi connectivity index (χ2n) is 3.96. The van der Waals surface area contributed by atoms with Crippen LogP contribution >= 0.6 is 11.6 Å². The lowest BCUT2D eigenvalue weighted by atomic mass is 10.1. The Morgan fingerprint density at radius 2 is 2.12 bits per heavy atom. The van der Waals surface area contributed by atoms with Crippen LogP contribution < -0.4 is 0 Å². The lowest BCUT2D eigenvalue weighted by Gasteiger charge is -1.99. The maximum atomic E-state index is 5.81. The standard InChI is InChI=1S/C13H10ClN3/c1-8-2-3-9-10(7-16-12(9)6-8)11-4-5-15-13(14)17-11/h2-7,16H,1H3. The molecule has 0 amide bonds. The molecular weight excluding hydrogens is 234 g/mol. The zero-order chi connectivity index (χ0) is 11.8. The predicted molar refractivity (Wildman–Crippen MR) is 69.1 cm³/mol. The van der Waals surface area contributed by atoms with Crippen LogP contribution in [-0.4, -0.2) is 15.0 Å². The van der Waals surface area contributed by atoms with E-state index in [2.05, 4.69) is 40.1 Å². The summed E-state index contributed by atoms with van der Waals surface area (Å²) in [6.45, 7) is 2.07. The van der Waals surface area contributed by atoms with Gasteiger partial charge >= 0.3 is 0 Å². The van der Waals surface area contributed by atoms with Crippen molar-refractivity contribution < 1.29 is 0 Å². The first kappa shape index (κ1) is 10.3. The molecule has 3 rings (SSSR count). The van der Waals surface area contributed by atoms with E-state index in [1.54, 1.807) is 6.20 Å². The number of nitrogens with zero attached hydrogens (tertiary/aromatic N) is 2. The second kappa shape index (κ2) is 3.86. The van der Waals surface area contributed by atoms with Crippen molar-refractivity contribution >= 4 is 22.5 Å². The molecule has 2 aromatic heterocycles. The Morgan fingerprint density at radius 3 is 2.94 bits per heavy atom. The van der Waals surface area contributed by atoms with Gasteiger partial charge in [0.2, 0.25) is 5.28 Å². The monoisotopic (exact) mass is 243 g/mol. The number of benzene rings is 1. The number of hydrogen-bond acceptors (Lipinski definition) is 2. The van der Waals surface area contributed by atoms with Gasteiger partial charge in [0.15, 0.2) is 0 Å². The molecule has 3 nitrogen and oxygen atoms in total. The van der Waals surface area contributed by atoms with Gasteiger partial charge in [-0.15, -0.1) is 0 Å². The molecule has 0 aliphatic rings. The second-order valence-corrected chi connectivity index (χ2v) is 4.30. The van der Waals surface area contributed by atoms with Crippen molar-refractivity contribution in [1.29, 1.82) is 0 Å². The van der Waals surface area contributed by atoms with E-state index in [1.807, 2.05) is 12.3 Å². The minimum Gasteiger partial charge on any atom is -0.360 e. The first-order valence-corrected chi connectivity index (χ1v) is 5.68. The number of aromatic nitrogens is 3. The molecule has 0 bridgehead atoms. The maximum Gasteiger partial charge on any atom is 0.222 e. The summed E-state index contributed by atoms with van der Waals surface area (Å²) < 4.78 is 0. The number of H-pyrrole nitrogens is 1. The van der Waals surface area contributed by atoms with Gasteiger partial charge in [-0.1, -0.05) is 12.1 Å². The summed E-state index contributed by atoms with van der Waals surface area (Å²) in [6, 6.07) is 8.14. The van der Waals surface area contributed by atoms with E-state index < -0.39 is 0 Å². The van der Waals surface area contributed by atoms with E-state index >= 15 is 0 Å². The van der Waals surface area contributed by atoms with E-state index in [0.29, 0.717) is 0 Å². The van der Waals surface area contributed by atoms with Gasteiger partial charge in [0.25, 0.3) is 0 Å².